The molecule has 6 aromatic rings. The zero-order valence-electron chi connectivity index (χ0n) is 22.2. The number of nitro benzene ring substituents is 1. The molecule has 1 atom stereocenters. The Morgan fingerprint density at radius 3 is 2.62 bits per heavy atom. The van der Waals surface area contributed by atoms with Crippen molar-refractivity contribution < 1.29 is 18.1 Å². The second kappa shape index (κ2) is 11.4. The fraction of sp³-hybridized carbons (Fsp3) is 0.0968. The lowest BCUT2D eigenvalue weighted by Crippen LogP contribution is -2.40. The summed E-state index contributed by atoms with van der Waals surface area (Å²) in [6.07, 6.45) is 8.94. The van der Waals surface area contributed by atoms with E-state index < -0.39 is 31.6 Å². The highest BCUT2D eigenvalue weighted by Crippen LogP contribution is 2.27. The minimum atomic E-state index is -4.27. The molecule has 11 heteroatoms. The van der Waals surface area contributed by atoms with E-state index in [1.807, 2.05) is 60.8 Å². The van der Waals surface area contributed by atoms with Crippen molar-refractivity contribution in [1.29, 1.82) is 0 Å². The molecule has 0 saturated carbocycles. The van der Waals surface area contributed by atoms with E-state index in [1.54, 1.807) is 24.8 Å². The molecule has 0 spiro atoms. The number of nitrogens with zero attached hydrogens (tertiary/aromatic N) is 3. The fourth-order valence-electron chi connectivity index (χ4n) is 4.93. The number of aromatic amines is 1. The number of fused-ring (bicyclic) bond motifs is 2. The van der Waals surface area contributed by atoms with Gasteiger partial charge in [0, 0.05) is 52.7 Å². The van der Waals surface area contributed by atoms with Crippen LogP contribution in [0.2, 0.25) is 0 Å². The zero-order valence-corrected chi connectivity index (χ0v) is 23.0. The molecule has 0 aliphatic heterocycles. The van der Waals surface area contributed by atoms with Gasteiger partial charge in [-0.2, -0.15) is 0 Å². The van der Waals surface area contributed by atoms with Crippen LogP contribution in [0.25, 0.3) is 32.8 Å². The number of para-hydroxylation sites is 2. The zero-order chi connectivity index (χ0) is 29.1. The van der Waals surface area contributed by atoms with Gasteiger partial charge in [0.2, 0.25) is 10.0 Å². The van der Waals surface area contributed by atoms with Crippen LogP contribution in [0, 0.1) is 10.1 Å². The van der Waals surface area contributed by atoms with E-state index in [4.69, 9.17) is 4.74 Å². The largest absolute Gasteiger partial charge is 0.490 e. The van der Waals surface area contributed by atoms with Gasteiger partial charge in [-0.25, -0.2) is 13.1 Å². The van der Waals surface area contributed by atoms with Gasteiger partial charge in [0.1, 0.15) is 12.4 Å². The molecule has 0 amide bonds. The van der Waals surface area contributed by atoms with Gasteiger partial charge in [-0.1, -0.05) is 42.5 Å². The number of nitrogens with one attached hydrogen (secondary N) is 2. The van der Waals surface area contributed by atoms with Crippen LogP contribution in [-0.2, 0) is 16.4 Å². The average Bonchev–Trinajstić information content (AvgIpc) is 3.42. The first-order valence-corrected chi connectivity index (χ1v) is 14.6. The summed E-state index contributed by atoms with van der Waals surface area (Å²) in [5, 5.41) is 14.6. The van der Waals surface area contributed by atoms with Gasteiger partial charge in [-0.3, -0.25) is 20.1 Å². The Morgan fingerprint density at radius 2 is 1.74 bits per heavy atom. The SMILES string of the molecule is O=[N+]([O-])c1ccccc1S(=O)(=O)N[C@H](COc1cncc(-c2ccc3cnccc3c2)c1)Cc1c[nH]c2ccccc12. The summed E-state index contributed by atoms with van der Waals surface area (Å²) in [6.45, 7) is -0.0477. The van der Waals surface area contributed by atoms with Crippen LogP contribution in [-0.4, -0.2) is 40.9 Å². The van der Waals surface area contributed by atoms with Crippen molar-refractivity contribution >= 4 is 37.4 Å². The Morgan fingerprint density at radius 1 is 0.905 bits per heavy atom. The maximum Gasteiger partial charge on any atom is 0.289 e. The third kappa shape index (κ3) is 5.69. The highest BCUT2D eigenvalue weighted by molar-refractivity contribution is 7.89. The molecule has 42 heavy (non-hydrogen) atoms. The van der Waals surface area contributed by atoms with Crippen LogP contribution in [0.5, 0.6) is 5.75 Å². The monoisotopic (exact) mass is 579 g/mol. The van der Waals surface area contributed by atoms with Crippen LogP contribution in [0.15, 0.2) is 115 Å². The lowest BCUT2D eigenvalue weighted by Gasteiger charge is -2.19. The predicted octanol–water partition coefficient (Wildman–Crippen LogP) is 5.65. The first-order chi connectivity index (χ1) is 20.4. The van der Waals surface area contributed by atoms with Gasteiger partial charge in [0.05, 0.1) is 17.2 Å². The third-order valence-electron chi connectivity index (χ3n) is 6.95. The van der Waals surface area contributed by atoms with Crippen LogP contribution in [0.1, 0.15) is 5.56 Å². The number of rotatable bonds is 10. The lowest BCUT2D eigenvalue weighted by molar-refractivity contribution is -0.387. The summed E-state index contributed by atoms with van der Waals surface area (Å²) in [5.41, 5.74) is 3.07. The molecule has 0 radical (unpaired) electrons. The summed E-state index contributed by atoms with van der Waals surface area (Å²) < 4.78 is 35.6. The Bertz CT molecular complexity index is 2030. The first kappa shape index (κ1) is 27.1. The average molecular weight is 580 g/mol. The van der Waals surface area contributed by atoms with Crippen molar-refractivity contribution in [2.24, 2.45) is 0 Å². The molecule has 210 valence electrons. The van der Waals surface area contributed by atoms with Gasteiger partial charge in [0.15, 0.2) is 4.90 Å². The van der Waals surface area contributed by atoms with E-state index in [0.29, 0.717) is 5.75 Å². The molecule has 3 aromatic carbocycles. The molecule has 0 saturated heterocycles. The highest BCUT2D eigenvalue weighted by Gasteiger charge is 2.28. The Kier molecular flexibility index (Phi) is 7.34. The van der Waals surface area contributed by atoms with Gasteiger partial charge in [0.25, 0.3) is 5.69 Å². The van der Waals surface area contributed by atoms with Gasteiger partial charge >= 0.3 is 0 Å². The third-order valence-corrected chi connectivity index (χ3v) is 8.52. The number of benzene rings is 3. The van der Waals surface area contributed by atoms with E-state index in [2.05, 4.69) is 19.7 Å². The topological polar surface area (TPSA) is 140 Å². The number of nitro groups is 1. The number of hydrogen-bond acceptors (Lipinski definition) is 7. The van der Waals surface area contributed by atoms with Gasteiger partial charge in [-0.15, -0.1) is 0 Å². The van der Waals surface area contributed by atoms with Crippen molar-refractivity contribution in [2.75, 3.05) is 6.61 Å². The van der Waals surface area contributed by atoms with Crippen LogP contribution >= 0.6 is 0 Å². The highest BCUT2D eigenvalue weighted by atomic mass is 32.2. The summed E-state index contributed by atoms with van der Waals surface area (Å²) in [4.78, 5) is 22.1. The van der Waals surface area contributed by atoms with Gasteiger partial charge in [-0.05, 0) is 53.3 Å². The number of hydrogen-bond donors (Lipinski definition) is 2. The van der Waals surface area contributed by atoms with E-state index in [0.717, 1.165) is 38.4 Å². The maximum atomic E-state index is 13.4. The minimum Gasteiger partial charge on any atom is -0.490 e. The minimum absolute atomic E-state index is 0.0477. The molecule has 3 heterocycles. The maximum absolute atomic E-state index is 13.4. The second-order valence-electron chi connectivity index (χ2n) is 9.76. The first-order valence-electron chi connectivity index (χ1n) is 13.1. The standard InChI is InChI=1S/C31H25N5O5S/c37-36(38)30-7-3-4-8-31(30)42(39,40)35-26(14-25-18-34-29-6-2-1-5-28(25)29)20-41-27-15-24(17-33-19-27)21-9-10-23-16-32-12-11-22(23)13-21/h1-13,15-19,26,34-35H,14,20H2/t26-/m0/s1. The molecule has 10 nitrogen and oxygen atoms in total. The summed E-state index contributed by atoms with van der Waals surface area (Å²) in [7, 11) is -4.27. The van der Waals surface area contributed by atoms with E-state index in [1.165, 1.54) is 24.3 Å². The Hall–Kier alpha value is -5.13. The molecule has 0 unspecified atom stereocenters. The molecular weight excluding hydrogens is 554 g/mol. The van der Waals surface area contributed by atoms with Crippen LogP contribution < -0.4 is 9.46 Å². The summed E-state index contributed by atoms with van der Waals surface area (Å²) in [6, 6.07) is 22.0. The van der Waals surface area contributed by atoms with E-state index in [-0.39, 0.29) is 13.0 Å². The Balaban J connectivity index is 1.28. The van der Waals surface area contributed by atoms with E-state index in [9.17, 15) is 18.5 Å². The smallest absolute Gasteiger partial charge is 0.289 e. The van der Waals surface area contributed by atoms with Crippen molar-refractivity contribution in [1.82, 2.24) is 19.7 Å². The number of sulfonamides is 1. The number of pyridine rings is 2. The van der Waals surface area contributed by atoms with Crippen molar-refractivity contribution in [3.05, 3.63) is 126 Å². The molecule has 0 fully saturated rings. The summed E-state index contributed by atoms with van der Waals surface area (Å²) >= 11 is 0. The molecule has 6 rings (SSSR count). The number of ether oxygens (including phenoxy) is 1. The molecular formula is C31H25N5O5S. The van der Waals surface area contributed by atoms with Gasteiger partial charge < -0.3 is 9.72 Å². The molecule has 2 N–H and O–H groups in total. The quantitative estimate of drug-likeness (QED) is 0.158. The molecule has 0 aliphatic carbocycles. The Labute approximate surface area is 241 Å². The normalized spacial score (nSPS) is 12.4. The number of H-pyrrole nitrogens is 1. The van der Waals surface area contributed by atoms with Crippen molar-refractivity contribution in [3.63, 3.8) is 0 Å². The lowest BCUT2D eigenvalue weighted by atomic mass is 10.0. The predicted molar refractivity (Wildman–Crippen MR) is 160 cm³/mol. The van der Waals surface area contributed by atoms with Crippen LogP contribution in [0.3, 0.4) is 0 Å². The second-order valence-corrected chi connectivity index (χ2v) is 11.4. The molecule has 3 aromatic heterocycles. The molecule has 0 aliphatic rings. The summed E-state index contributed by atoms with van der Waals surface area (Å²) in [5.74, 6) is 0.455. The molecule has 0 bridgehead atoms. The fourth-order valence-corrected chi connectivity index (χ4v) is 6.33. The van der Waals surface area contributed by atoms with Crippen LogP contribution in [0.4, 0.5) is 5.69 Å². The number of aromatic nitrogens is 3. The van der Waals surface area contributed by atoms with Crippen molar-refractivity contribution in [2.45, 2.75) is 17.4 Å². The van der Waals surface area contributed by atoms with E-state index >= 15 is 0 Å². The van der Waals surface area contributed by atoms with Crippen molar-refractivity contribution in [3.8, 4) is 16.9 Å².